The van der Waals surface area contributed by atoms with Crippen molar-refractivity contribution < 1.29 is 19.8 Å². The van der Waals surface area contributed by atoms with Crippen molar-refractivity contribution in [2.75, 3.05) is 18.8 Å². The van der Waals surface area contributed by atoms with Crippen LogP contribution in [0.1, 0.15) is 6.92 Å². The lowest BCUT2D eigenvalue weighted by molar-refractivity contribution is -0.134. The highest BCUT2D eigenvalue weighted by Gasteiger charge is 2.15. The number of hydrogen-bond acceptors (Lipinski definition) is 5. The SMILES string of the molecule is CCNN1CCSC1=N.O=C(O)/C=C\C(=O)O. The van der Waals surface area contributed by atoms with Gasteiger partial charge in [-0.1, -0.05) is 18.7 Å². The minimum atomic E-state index is -1.26. The van der Waals surface area contributed by atoms with Crippen LogP contribution in [-0.4, -0.2) is 51.2 Å². The van der Waals surface area contributed by atoms with Crippen molar-refractivity contribution in [3.63, 3.8) is 0 Å². The number of amidine groups is 1. The van der Waals surface area contributed by atoms with Gasteiger partial charge in [-0.3, -0.25) is 10.4 Å². The number of aliphatic carboxylic acids is 2. The first-order valence-corrected chi connectivity index (χ1v) is 5.82. The van der Waals surface area contributed by atoms with Gasteiger partial charge in [0.2, 0.25) is 0 Å². The standard InChI is InChI=1S/C5H11N3S.C4H4O4/c1-2-7-8-3-4-9-5(8)6;5-3(6)1-2-4(7)8/h6-7H,2-4H2,1H3;1-2H,(H,5,6)(H,7,8)/b;2-1-. The van der Waals surface area contributed by atoms with Crippen LogP contribution in [-0.2, 0) is 9.59 Å². The van der Waals surface area contributed by atoms with Gasteiger partial charge in [0, 0.05) is 31.0 Å². The molecule has 0 spiro atoms. The van der Waals surface area contributed by atoms with Crippen LogP contribution >= 0.6 is 11.8 Å². The minimum Gasteiger partial charge on any atom is -0.478 e. The highest BCUT2D eigenvalue weighted by atomic mass is 32.2. The number of nitrogens with one attached hydrogen (secondary N) is 2. The van der Waals surface area contributed by atoms with Gasteiger partial charge in [0.15, 0.2) is 5.17 Å². The van der Waals surface area contributed by atoms with Gasteiger partial charge in [0.25, 0.3) is 0 Å². The summed E-state index contributed by atoms with van der Waals surface area (Å²) >= 11 is 1.59. The van der Waals surface area contributed by atoms with E-state index >= 15 is 0 Å². The lowest BCUT2D eigenvalue weighted by Gasteiger charge is -2.15. The van der Waals surface area contributed by atoms with Crippen molar-refractivity contribution in [3.05, 3.63) is 12.2 Å². The number of rotatable bonds is 4. The Balaban J connectivity index is 0.000000304. The van der Waals surface area contributed by atoms with Gasteiger partial charge in [-0.15, -0.1) is 0 Å². The molecule has 17 heavy (non-hydrogen) atoms. The molecule has 1 fully saturated rings. The Morgan fingerprint density at radius 3 is 2.29 bits per heavy atom. The molecule has 1 saturated heterocycles. The molecule has 1 aliphatic rings. The summed E-state index contributed by atoms with van der Waals surface area (Å²) in [4.78, 5) is 19.1. The van der Waals surface area contributed by atoms with Crippen molar-refractivity contribution in [1.82, 2.24) is 10.4 Å². The zero-order valence-corrected chi connectivity index (χ0v) is 10.2. The van der Waals surface area contributed by atoms with Crippen molar-refractivity contribution in [2.45, 2.75) is 6.92 Å². The van der Waals surface area contributed by atoms with Crippen LogP contribution in [0.4, 0.5) is 0 Å². The van der Waals surface area contributed by atoms with E-state index in [1.807, 2.05) is 11.9 Å². The first kappa shape index (κ1) is 15.5. The fourth-order valence-corrected chi connectivity index (χ4v) is 1.68. The minimum absolute atomic E-state index is 0.558. The molecule has 96 valence electrons. The summed E-state index contributed by atoms with van der Waals surface area (Å²) in [6.45, 7) is 3.91. The van der Waals surface area contributed by atoms with E-state index in [2.05, 4.69) is 5.43 Å². The molecule has 0 aromatic carbocycles. The Morgan fingerprint density at radius 1 is 1.47 bits per heavy atom. The number of thioether (sulfide) groups is 1. The van der Waals surface area contributed by atoms with Gasteiger partial charge in [-0.05, 0) is 0 Å². The lowest BCUT2D eigenvalue weighted by Crippen LogP contribution is -2.37. The summed E-state index contributed by atoms with van der Waals surface area (Å²) < 4.78 is 0. The van der Waals surface area contributed by atoms with E-state index in [1.165, 1.54) is 0 Å². The van der Waals surface area contributed by atoms with Crippen molar-refractivity contribution in [3.8, 4) is 0 Å². The highest BCUT2D eigenvalue weighted by molar-refractivity contribution is 8.14. The Morgan fingerprint density at radius 2 is 2.00 bits per heavy atom. The smallest absolute Gasteiger partial charge is 0.328 e. The molecule has 0 unspecified atom stereocenters. The summed E-state index contributed by atoms with van der Waals surface area (Å²) in [6, 6.07) is 0. The molecule has 1 rings (SSSR count). The van der Waals surface area contributed by atoms with E-state index < -0.39 is 11.9 Å². The summed E-state index contributed by atoms with van der Waals surface area (Å²) in [5.41, 5.74) is 3.08. The highest BCUT2D eigenvalue weighted by Crippen LogP contribution is 2.12. The van der Waals surface area contributed by atoms with Crippen LogP contribution in [0.15, 0.2) is 12.2 Å². The van der Waals surface area contributed by atoms with Crippen LogP contribution in [0.25, 0.3) is 0 Å². The summed E-state index contributed by atoms with van der Waals surface area (Å²) in [5, 5.41) is 25.5. The Labute approximate surface area is 103 Å². The summed E-state index contributed by atoms with van der Waals surface area (Å²) in [5.74, 6) is -1.47. The summed E-state index contributed by atoms with van der Waals surface area (Å²) in [7, 11) is 0. The molecule has 1 heterocycles. The number of nitrogens with zero attached hydrogens (tertiary/aromatic N) is 1. The van der Waals surface area contributed by atoms with Crippen LogP contribution in [0.5, 0.6) is 0 Å². The Bertz CT molecular complexity index is 303. The van der Waals surface area contributed by atoms with E-state index in [9.17, 15) is 9.59 Å². The summed E-state index contributed by atoms with van der Waals surface area (Å²) in [6.07, 6.45) is 1.12. The monoisotopic (exact) mass is 261 g/mol. The predicted molar refractivity (Wildman–Crippen MR) is 65.0 cm³/mol. The zero-order valence-electron chi connectivity index (χ0n) is 9.34. The third kappa shape index (κ3) is 8.29. The lowest BCUT2D eigenvalue weighted by atomic mass is 10.5. The predicted octanol–water partition coefficient (Wildman–Crippen LogP) is 0.206. The van der Waals surface area contributed by atoms with E-state index in [0.29, 0.717) is 17.3 Å². The maximum absolute atomic E-state index is 9.55. The van der Waals surface area contributed by atoms with Gasteiger partial charge in [0.1, 0.15) is 0 Å². The fourth-order valence-electron chi connectivity index (χ4n) is 0.897. The van der Waals surface area contributed by atoms with Gasteiger partial charge in [0.05, 0.1) is 0 Å². The van der Waals surface area contributed by atoms with Crippen molar-refractivity contribution in [1.29, 1.82) is 5.41 Å². The second-order valence-corrected chi connectivity index (χ2v) is 3.91. The molecule has 8 heteroatoms. The second-order valence-electron chi connectivity index (χ2n) is 2.83. The molecule has 4 N–H and O–H groups in total. The molecule has 0 radical (unpaired) electrons. The normalized spacial score (nSPS) is 14.6. The third-order valence-corrected chi connectivity index (χ3v) is 2.40. The van der Waals surface area contributed by atoms with E-state index in [1.54, 1.807) is 11.8 Å². The van der Waals surface area contributed by atoms with Crippen LogP contribution in [0, 0.1) is 5.41 Å². The second kappa shape index (κ2) is 8.59. The maximum atomic E-state index is 9.55. The molecule has 0 amide bonds. The Kier molecular flexibility index (Phi) is 7.82. The first-order chi connectivity index (χ1) is 7.97. The quantitative estimate of drug-likeness (QED) is 0.535. The molecule has 1 aliphatic heterocycles. The molecular formula is C9H15N3O4S. The number of hydrogen-bond donors (Lipinski definition) is 4. The van der Waals surface area contributed by atoms with Crippen molar-refractivity contribution >= 4 is 28.9 Å². The van der Waals surface area contributed by atoms with E-state index in [-0.39, 0.29) is 0 Å². The molecule has 0 bridgehead atoms. The van der Waals surface area contributed by atoms with Gasteiger partial charge >= 0.3 is 11.9 Å². The number of hydrazine groups is 1. The average molecular weight is 261 g/mol. The largest absolute Gasteiger partial charge is 0.478 e. The van der Waals surface area contributed by atoms with Crippen LogP contribution in [0.3, 0.4) is 0 Å². The Hall–Kier alpha value is -1.54. The molecule has 0 atom stereocenters. The molecule has 0 aromatic heterocycles. The number of carboxylic acids is 2. The van der Waals surface area contributed by atoms with Gasteiger partial charge in [-0.2, -0.15) is 0 Å². The van der Waals surface area contributed by atoms with Crippen LogP contribution < -0.4 is 5.43 Å². The van der Waals surface area contributed by atoms with Gasteiger partial charge in [-0.25, -0.2) is 15.0 Å². The molecule has 0 saturated carbocycles. The van der Waals surface area contributed by atoms with Crippen LogP contribution in [0.2, 0.25) is 0 Å². The third-order valence-electron chi connectivity index (χ3n) is 1.52. The molecule has 7 nitrogen and oxygen atoms in total. The maximum Gasteiger partial charge on any atom is 0.328 e. The number of carboxylic acid groups (broad SMARTS) is 2. The topological polar surface area (TPSA) is 114 Å². The van der Waals surface area contributed by atoms with Crippen molar-refractivity contribution in [2.24, 2.45) is 0 Å². The molecule has 0 aliphatic carbocycles. The molecular weight excluding hydrogens is 246 g/mol. The van der Waals surface area contributed by atoms with E-state index in [0.717, 1.165) is 18.8 Å². The van der Waals surface area contributed by atoms with Gasteiger partial charge < -0.3 is 10.2 Å². The molecule has 0 aromatic rings. The average Bonchev–Trinajstić information content (AvgIpc) is 2.63. The first-order valence-electron chi connectivity index (χ1n) is 4.83. The number of carbonyl (C=O) groups is 2. The zero-order chi connectivity index (χ0) is 13.3. The van der Waals surface area contributed by atoms with E-state index in [4.69, 9.17) is 15.6 Å². The fraction of sp³-hybridized carbons (Fsp3) is 0.444.